The molecule has 13 heteroatoms. The van der Waals surface area contributed by atoms with Crippen LogP contribution in [0.15, 0.2) is 58.9 Å². The Morgan fingerprint density at radius 2 is 2.22 bits per heavy atom. The van der Waals surface area contributed by atoms with Crippen molar-refractivity contribution < 1.29 is 5.11 Å². The summed E-state index contributed by atoms with van der Waals surface area (Å²) in [7, 11) is 0. The van der Waals surface area contributed by atoms with Crippen molar-refractivity contribution in [2.75, 3.05) is 19.6 Å². The van der Waals surface area contributed by atoms with Crippen LogP contribution in [-0.4, -0.2) is 67.5 Å². The Morgan fingerprint density at radius 3 is 2.98 bits per heavy atom. The SMILES string of the molecule is C=C(Cc1c(Cl)cc2c(=O)n(Cc3ccc4cn[nH]c4c3)cnc2c1Cl)NC(C)CN=C(NC#N)N1CC[C@H](O)C1. The first-order valence-electron chi connectivity index (χ1n) is 13.1. The first kappa shape index (κ1) is 28.4. The van der Waals surface area contributed by atoms with Crippen molar-refractivity contribution in [3.05, 3.63) is 80.6 Å². The summed E-state index contributed by atoms with van der Waals surface area (Å²) in [4.78, 5) is 24.2. The number of aromatic nitrogens is 4. The molecule has 1 aliphatic heterocycles. The minimum Gasteiger partial charge on any atom is -0.391 e. The zero-order valence-corrected chi connectivity index (χ0v) is 23.9. The molecule has 0 spiro atoms. The molecule has 1 fully saturated rings. The lowest BCUT2D eigenvalue weighted by Crippen LogP contribution is -2.39. The van der Waals surface area contributed by atoms with Crippen molar-refractivity contribution in [3.8, 4) is 6.19 Å². The molecule has 5 rings (SSSR count). The highest BCUT2D eigenvalue weighted by atomic mass is 35.5. The van der Waals surface area contributed by atoms with Gasteiger partial charge in [-0.15, -0.1) is 0 Å². The Kier molecular flexibility index (Phi) is 8.44. The first-order chi connectivity index (χ1) is 19.7. The number of β-amino-alcohol motifs (C(OH)–C–C–N with tert-alkyl or cyclic N) is 1. The van der Waals surface area contributed by atoms with Crippen LogP contribution >= 0.6 is 23.2 Å². The molecule has 0 saturated carbocycles. The Bertz CT molecular complexity index is 1740. The van der Waals surface area contributed by atoms with Crippen LogP contribution in [0.5, 0.6) is 0 Å². The number of allylic oxidation sites excluding steroid dienone is 1. The number of hydrogen-bond donors (Lipinski definition) is 4. The third kappa shape index (κ3) is 6.30. The van der Waals surface area contributed by atoms with Gasteiger partial charge < -0.3 is 15.3 Å². The predicted octanol–water partition coefficient (Wildman–Crippen LogP) is 3.16. The van der Waals surface area contributed by atoms with E-state index in [-0.39, 0.29) is 11.6 Å². The Labute approximate surface area is 246 Å². The van der Waals surface area contributed by atoms with E-state index in [1.807, 2.05) is 36.2 Å². The maximum Gasteiger partial charge on any atom is 0.261 e. The highest BCUT2D eigenvalue weighted by molar-refractivity contribution is 6.39. The summed E-state index contributed by atoms with van der Waals surface area (Å²) in [6, 6.07) is 7.33. The van der Waals surface area contributed by atoms with Crippen LogP contribution in [0.25, 0.3) is 21.8 Å². The van der Waals surface area contributed by atoms with Gasteiger partial charge in [0, 0.05) is 41.7 Å². The molecule has 212 valence electrons. The number of H-pyrrole nitrogens is 1. The van der Waals surface area contributed by atoms with Gasteiger partial charge in [0.05, 0.1) is 53.2 Å². The summed E-state index contributed by atoms with van der Waals surface area (Å²) >= 11 is 13.3. The minimum atomic E-state index is -0.428. The Morgan fingerprint density at radius 1 is 1.39 bits per heavy atom. The van der Waals surface area contributed by atoms with Gasteiger partial charge in [0.2, 0.25) is 5.96 Å². The number of nitrogens with zero attached hydrogens (tertiary/aromatic N) is 6. The van der Waals surface area contributed by atoms with Crippen LogP contribution < -0.4 is 16.2 Å². The van der Waals surface area contributed by atoms with Crippen LogP contribution in [0, 0.1) is 11.5 Å². The Balaban J connectivity index is 1.28. The van der Waals surface area contributed by atoms with Gasteiger partial charge in [0.1, 0.15) is 0 Å². The summed E-state index contributed by atoms with van der Waals surface area (Å²) in [5.74, 6) is 0.433. The fourth-order valence-corrected chi connectivity index (χ4v) is 5.55. The van der Waals surface area contributed by atoms with Crippen molar-refractivity contribution in [1.82, 2.24) is 35.3 Å². The number of aromatic amines is 1. The number of hydrogen-bond acceptors (Lipinski definition) is 7. The molecule has 3 heterocycles. The summed E-state index contributed by atoms with van der Waals surface area (Å²) in [6.07, 6.45) is 5.66. The van der Waals surface area contributed by atoms with Crippen LogP contribution in [0.3, 0.4) is 0 Å². The molecule has 0 radical (unpaired) electrons. The number of aliphatic imine (C=N–C) groups is 1. The van der Waals surface area contributed by atoms with Gasteiger partial charge >= 0.3 is 0 Å². The summed E-state index contributed by atoms with van der Waals surface area (Å²) < 4.78 is 1.52. The average molecular weight is 595 g/mol. The van der Waals surface area contributed by atoms with Crippen LogP contribution in [-0.2, 0) is 13.0 Å². The van der Waals surface area contributed by atoms with Crippen LogP contribution in [0.2, 0.25) is 10.0 Å². The van der Waals surface area contributed by atoms with E-state index in [0.717, 1.165) is 16.5 Å². The highest BCUT2D eigenvalue weighted by Crippen LogP contribution is 2.32. The van der Waals surface area contributed by atoms with E-state index in [2.05, 4.69) is 37.4 Å². The molecule has 0 amide bonds. The van der Waals surface area contributed by atoms with Gasteiger partial charge in [-0.2, -0.15) is 10.4 Å². The third-order valence-corrected chi connectivity index (χ3v) is 7.69. The zero-order chi connectivity index (χ0) is 29.1. The lowest BCUT2D eigenvalue weighted by atomic mass is 10.1. The number of aliphatic hydroxyl groups is 1. The topological polar surface area (TPSA) is 147 Å². The third-order valence-electron chi connectivity index (χ3n) is 6.95. The number of guanidine groups is 1. The molecular weight excluding hydrogens is 565 g/mol. The second-order valence-corrected chi connectivity index (χ2v) is 10.9. The van der Waals surface area contributed by atoms with Gasteiger partial charge in [0.25, 0.3) is 5.56 Å². The number of likely N-dealkylation sites (tertiary alicyclic amines) is 1. The lowest BCUT2D eigenvalue weighted by molar-refractivity contribution is 0.188. The summed E-state index contributed by atoms with van der Waals surface area (Å²) in [6.45, 7) is 7.81. The second kappa shape index (κ2) is 12.2. The molecule has 0 aliphatic carbocycles. The van der Waals surface area contributed by atoms with Gasteiger partial charge in [-0.25, -0.2) is 4.98 Å². The largest absolute Gasteiger partial charge is 0.391 e. The number of aliphatic hydroxyl groups excluding tert-OH is 1. The molecule has 11 nitrogen and oxygen atoms in total. The van der Waals surface area contributed by atoms with E-state index in [1.165, 1.54) is 10.9 Å². The van der Waals surface area contributed by atoms with Crippen LogP contribution in [0.4, 0.5) is 0 Å². The molecular formula is C28H29Cl2N9O2. The number of nitriles is 1. The van der Waals surface area contributed by atoms with Crippen molar-refractivity contribution in [3.63, 3.8) is 0 Å². The van der Waals surface area contributed by atoms with Crippen LogP contribution in [0.1, 0.15) is 24.5 Å². The number of rotatable bonds is 8. The van der Waals surface area contributed by atoms with E-state index in [1.54, 1.807) is 12.3 Å². The van der Waals surface area contributed by atoms with Crippen molar-refractivity contribution in [1.29, 1.82) is 5.26 Å². The molecule has 41 heavy (non-hydrogen) atoms. The molecule has 1 saturated heterocycles. The van der Waals surface area contributed by atoms with E-state index < -0.39 is 6.10 Å². The number of benzene rings is 2. The van der Waals surface area contributed by atoms with Gasteiger partial charge in [0.15, 0.2) is 6.19 Å². The fraction of sp³-hybridized carbons (Fsp3) is 0.321. The molecule has 1 aliphatic rings. The molecule has 2 atom stereocenters. The number of fused-ring (bicyclic) bond motifs is 2. The summed E-state index contributed by atoms with van der Waals surface area (Å²) in [5.41, 5.74) is 3.22. The maximum absolute atomic E-state index is 13.3. The van der Waals surface area contributed by atoms with Gasteiger partial charge in [-0.05, 0) is 36.6 Å². The predicted molar refractivity (Wildman–Crippen MR) is 160 cm³/mol. The monoisotopic (exact) mass is 593 g/mol. The molecule has 4 aromatic rings. The minimum absolute atomic E-state index is 0.116. The van der Waals surface area contributed by atoms with E-state index in [4.69, 9.17) is 28.5 Å². The molecule has 0 bridgehead atoms. The smallest absolute Gasteiger partial charge is 0.261 e. The van der Waals surface area contributed by atoms with Crippen molar-refractivity contribution >= 4 is 51.0 Å². The normalized spacial score (nSPS) is 16.2. The van der Waals surface area contributed by atoms with E-state index >= 15 is 0 Å². The first-order valence-corrected chi connectivity index (χ1v) is 13.8. The quantitative estimate of drug-likeness (QED) is 0.105. The van der Waals surface area contributed by atoms with E-state index in [9.17, 15) is 9.90 Å². The van der Waals surface area contributed by atoms with Crippen molar-refractivity contribution in [2.45, 2.75) is 38.5 Å². The lowest BCUT2D eigenvalue weighted by Gasteiger charge is -2.21. The molecule has 2 aromatic heterocycles. The average Bonchev–Trinajstić information content (AvgIpc) is 3.59. The standard InChI is InChI=1S/C28H29Cl2N9O2/c1-16(36-17(2)10-32-28(33-14-31)38-6-5-20(40)13-38)7-21-23(29)9-22-26(25(21)30)34-15-39(27(22)41)12-18-3-4-19-11-35-37-24(19)8-18/h3-4,8-9,11,15,17,20,36,40H,1,5-7,10,12-13H2,2H3,(H,32,33)(H,35,37)/t17?,20-/m0/s1. The second-order valence-electron chi connectivity index (χ2n) is 10.1. The number of nitrogens with one attached hydrogen (secondary N) is 3. The van der Waals surface area contributed by atoms with E-state index in [0.29, 0.717) is 77.2 Å². The molecule has 2 aromatic carbocycles. The molecule has 4 N–H and O–H groups in total. The van der Waals surface area contributed by atoms with Gasteiger partial charge in [-0.1, -0.05) is 41.9 Å². The molecule has 1 unspecified atom stereocenters. The highest BCUT2D eigenvalue weighted by Gasteiger charge is 2.23. The van der Waals surface area contributed by atoms with Gasteiger partial charge in [-0.3, -0.25) is 24.8 Å². The number of halogens is 2. The zero-order valence-electron chi connectivity index (χ0n) is 22.4. The maximum atomic E-state index is 13.3. The fourth-order valence-electron chi connectivity index (χ4n) is 4.91. The Hall–Kier alpha value is -4.11. The van der Waals surface area contributed by atoms with Crippen molar-refractivity contribution in [2.24, 2.45) is 4.99 Å². The summed E-state index contributed by atoms with van der Waals surface area (Å²) in [5, 5.41) is 33.7.